The van der Waals surface area contributed by atoms with Crippen molar-refractivity contribution in [2.45, 2.75) is 13.5 Å². The van der Waals surface area contributed by atoms with Crippen LogP contribution in [-0.4, -0.2) is 10.1 Å². The second-order valence-electron chi connectivity index (χ2n) is 3.26. The number of nitrogens with two attached hydrogens (primary N) is 1. The highest BCUT2D eigenvalue weighted by Crippen LogP contribution is 2.11. The Morgan fingerprint density at radius 1 is 1.47 bits per heavy atom. The highest BCUT2D eigenvalue weighted by atomic mass is 16.5. The number of hydrogen-bond donors (Lipinski definition) is 2. The van der Waals surface area contributed by atoms with Crippen LogP contribution in [0.5, 0.6) is 0 Å². The van der Waals surface area contributed by atoms with Gasteiger partial charge in [0.05, 0.1) is 12.2 Å². The molecular formula is C10H12N4O. The summed E-state index contributed by atoms with van der Waals surface area (Å²) in [6.07, 6.45) is 1.66. The topological polar surface area (TPSA) is 77.0 Å². The average Bonchev–Trinajstić information content (AvgIpc) is 2.62. The predicted molar refractivity (Wildman–Crippen MR) is 57.2 cm³/mol. The van der Waals surface area contributed by atoms with Crippen LogP contribution in [0.15, 0.2) is 28.9 Å². The fourth-order valence-corrected chi connectivity index (χ4v) is 1.25. The molecule has 2 aromatic heterocycles. The van der Waals surface area contributed by atoms with Gasteiger partial charge in [0.2, 0.25) is 0 Å². The normalized spacial score (nSPS) is 10.2. The van der Waals surface area contributed by atoms with E-state index in [2.05, 4.69) is 15.5 Å². The highest BCUT2D eigenvalue weighted by molar-refractivity contribution is 5.49. The highest BCUT2D eigenvalue weighted by Gasteiger charge is 2.00. The van der Waals surface area contributed by atoms with Crippen LogP contribution in [0.3, 0.4) is 0 Å². The van der Waals surface area contributed by atoms with Gasteiger partial charge < -0.3 is 15.6 Å². The van der Waals surface area contributed by atoms with E-state index in [1.165, 1.54) is 0 Å². The number of nitrogens with one attached hydrogen (secondary N) is 1. The number of anilines is 2. The molecule has 0 aromatic carbocycles. The first kappa shape index (κ1) is 9.51. The zero-order valence-electron chi connectivity index (χ0n) is 8.40. The lowest BCUT2D eigenvalue weighted by molar-refractivity contribution is 0.384. The number of pyridine rings is 1. The minimum absolute atomic E-state index is 0.494. The molecule has 2 heterocycles. The molecule has 0 aliphatic heterocycles. The Morgan fingerprint density at radius 3 is 3.00 bits per heavy atom. The number of hydrogen-bond acceptors (Lipinski definition) is 5. The molecule has 5 heteroatoms. The molecule has 0 unspecified atom stereocenters. The van der Waals surface area contributed by atoms with Gasteiger partial charge in [0.25, 0.3) is 0 Å². The lowest BCUT2D eigenvalue weighted by Crippen LogP contribution is -1.99. The maximum absolute atomic E-state index is 5.54. The number of nitrogen functional groups attached to an aromatic ring is 1. The first-order chi connectivity index (χ1) is 7.24. The number of aryl methyl sites for hydroxylation is 1. The van der Waals surface area contributed by atoms with Crippen LogP contribution in [0, 0.1) is 6.92 Å². The Kier molecular flexibility index (Phi) is 2.53. The molecule has 0 saturated heterocycles. The summed E-state index contributed by atoms with van der Waals surface area (Å²) in [5.74, 6) is 1.29. The molecule has 78 valence electrons. The summed E-state index contributed by atoms with van der Waals surface area (Å²) >= 11 is 0. The monoisotopic (exact) mass is 204 g/mol. The van der Waals surface area contributed by atoms with Gasteiger partial charge in [0.15, 0.2) is 5.76 Å². The van der Waals surface area contributed by atoms with Crippen molar-refractivity contribution in [1.29, 1.82) is 0 Å². The van der Waals surface area contributed by atoms with Crippen molar-refractivity contribution in [1.82, 2.24) is 10.1 Å². The van der Waals surface area contributed by atoms with Gasteiger partial charge in [-0.3, -0.25) is 0 Å². The Balaban J connectivity index is 1.99. The molecule has 0 aliphatic carbocycles. The maximum atomic E-state index is 5.54. The number of rotatable bonds is 3. The van der Waals surface area contributed by atoms with Crippen molar-refractivity contribution in [3.8, 4) is 0 Å². The second kappa shape index (κ2) is 4.00. The lowest BCUT2D eigenvalue weighted by Gasteiger charge is -2.03. The van der Waals surface area contributed by atoms with Crippen LogP contribution in [0.2, 0.25) is 0 Å². The van der Waals surface area contributed by atoms with E-state index in [1.807, 2.05) is 19.1 Å². The van der Waals surface area contributed by atoms with Crippen LogP contribution in [0.1, 0.15) is 11.5 Å². The van der Waals surface area contributed by atoms with E-state index >= 15 is 0 Å². The first-order valence-corrected chi connectivity index (χ1v) is 4.61. The third-order valence-electron chi connectivity index (χ3n) is 1.92. The fraction of sp³-hybridized carbons (Fsp3) is 0.200. The van der Waals surface area contributed by atoms with Crippen molar-refractivity contribution in [3.63, 3.8) is 0 Å². The zero-order chi connectivity index (χ0) is 10.7. The standard InChI is InChI=1S/C10H12N4O/c1-7-4-9(15-14-7)6-13-8-2-3-12-10(11)5-8/h2-5H,6H2,1H3,(H3,11,12,13). The summed E-state index contributed by atoms with van der Waals surface area (Å²) in [4.78, 5) is 3.90. The summed E-state index contributed by atoms with van der Waals surface area (Å²) in [6, 6.07) is 5.50. The van der Waals surface area contributed by atoms with Gasteiger partial charge in [0.1, 0.15) is 5.82 Å². The van der Waals surface area contributed by atoms with Crippen LogP contribution < -0.4 is 11.1 Å². The second-order valence-corrected chi connectivity index (χ2v) is 3.26. The molecule has 0 amide bonds. The van der Waals surface area contributed by atoms with Crippen LogP contribution in [-0.2, 0) is 6.54 Å². The molecule has 2 aromatic rings. The summed E-state index contributed by atoms with van der Waals surface area (Å²) < 4.78 is 5.06. The maximum Gasteiger partial charge on any atom is 0.156 e. The molecule has 0 spiro atoms. The van der Waals surface area contributed by atoms with E-state index in [4.69, 9.17) is 10.3 Å². The zero-order valence-corrected chi connectivity index (χ0v) is 8.40. The van der Waals surface area contributed by atoms with Gasteiger partial charge in [-0.1, -0.05) is 5.16 Å². The van der Waals surface area contributed by atoms with Crippen LogP contribution in [0.4, 0.5) is 11.5 Å². The SMILES string of the molecule is Cc1cc(CNc2ccnc(N)c2)on1. The molecule has 0 saturated carbocycles. The van der Waals surface area contributed by atoms with Crippen LogP contribution in [0.25, 0.3) is 0 Å². The summed E-state index contributed by atoms with van der Waals surface area (Å²) in [6.45, 7) is 2.47. The summed E-state index contributed by atoms with van der Waals surface area (Å²) in [5, 5.41) is 6.96. The quantitative estimate of drug-likeness (QED) is 0.793. The smallest absolute Gasteiger partial charge is 0.156 e. The summed E-state index contributed by atoms with van der Waals surface area (Å²) in [5.41, 5.74) is 7.33. The Morgan fingerprint density at radius 2 is 2.33 bits per heavy atom. The molecule has 0 bridgehead atoms. The van der Waals surface area contributed by atoms with Crippen molar-refractivity contribution in [2.24, 2.45) is 0 Å². The molecule has 0 fully saturated rings. The molecule has 5 nitrogen and oxygen atoms in total. The minimum atomic E-state index is 0.494. The van der Waals surface area contributed by atoms with E-state index < -0.39 is 0 Å². The predicted octanol–water partition coefficient (Wildman–Crippen LogP) is 1.57. The van der Waals surface area contributed by atoms with Crippen molar-refractivity contribution < 1.29 is 4.52 Å². The van der Waals surface area contributed by atoms with Crippen molar-refractivity contribution in [2.75, 3.05) is 11.1 Å². The van der Waals surface area contributed by atoms with E-state index in [0.29, 0.717) is 12.4 Å². The van der Waals surface area contributed by atoms with E-state index in [9.17, 15) is 0 Å². The molecule has 0 radical (unpaired) electrons. The molecule has 0 aliphatic rings. The first-order valence-electron chi connectivity index (χ1n) is 4.61. The Hall–Kier alpha value is -2.04. The molecule has 2 rings (SSSR count). The third kappa shape index (κ3) is 2.46. The van der Waals surface area contributed by atoms with Gasteiger partial charge >= 0.3 is 0 Å². The fourth-order valence-electron chi connectivity index (χ4n) is 1.25. The molecular weight excluding hydrogens is 192 g/mol. The average molecular weight is 204 g/mol. The van der Waals surface area contributed by atoms with Gasteiger partial charge in [-0.05, 0) is 13.0 Å². The molecule has 0 atom stereocenters. The molecule has 3 N–H and O–H groups in total. The largest absolute Gasteiger partial charge is 0.384 e. The summed E-state index contributed by atoms with van der Waals surface area (Å²) in [7, 11) is 0. The number of aromatic nitrogens is 2. The van der Waals surface area contributed by atoms with Gasteiger partial charge in [0, 0.05) is 24.0 Å². The van der Waals surface area contributed by atoms with Gasteiger partial charge in [-0.25, -0.2) is 4.98 Å². The van der Waals surface area contributed by atoms with Crippen molar-refractivity contribution >= 4 is 11.5 Å². The minimum Gasteiger partial charge on any atom is -0.384 e. The van der Waals surface area contributed by atoms with E-state index in [0.717, 1.165) is 17.1 Å². The van der Waals surface area contributed by atoms with Crippen molar-refractivity contribution in [3.05, 3.63) is 35.9 Å². The Bertz CT molecular complexity index is 452. The van der Waals surface area contributed by atoms with E-state index in [-0.39, 0.29) is 0 Å². The van der Waals surface area contributed by atoms with Gasteiger partial charge in [-0.2, -0.15) is 0 Å². The molecule has 15 heavy (non-hydrogen) atoms. The van der Waals surface area contributed by atoms with Crippen LogP contribution >= 0.6 is 0 Å². The third-order valence-corrected chi connectivity index (χ3v) is 1.92. The lowest BCUT2D eigenvalue weighted by atomic mass is 10.3. The Labute approximate surface area is 87.3 Å². The van der Waals surface area contributed by atoms with Gasteiger partial charge in [-0.15, -0.1) is 0 Å². The number of nitrogens with zero attached hydrogens (tertiary/aromatic N) is 2. The van der Waals surface area contributed by atoms with E-state index in [1.54, 1.807) is 12.3 Å².